The maximum absolute atomic E-state index is 5.70. The summed E-state index contributed by atoms with van der Waals surface area (Å²) in [4.78, 5) is 12.5. The topological polar surface area (TPSA) is 90.7 Å². The lowest BCUT2D eigenvalue weighted by molar-refractivity contribution is 0.432. The van der Waals surface area contributed by atoms with E-state index in [-0.39, 0.29) is 0 Å². The summed E-state index contributed by atoms with van der Waals surface area (Å²) >= 11 is 0. The van der Waals surface area contributed by atoms with Crippen molar-refractivity contribution in [1.82, 2.24) is 20.1 Å². The van der Waals surface area contributed by atoms with E-state index in [1.807, 2.05) is 12.3 Å². The number of nitrogens with two attached hydrogens (primary N) is 1. The van der Waals surface area contributed by atoms with Gasteiger partial charge in [0.05, 0.1) is 11.3 Å². The van der Waals surface area contributed by atoms with Crippen molar-refractivity contribution in [3.05, 3.63) is 42.5 Å². The van der Waals surface area contributed by atoms with Crippen LogP contribution in [0.3, 0.4) is 0 Å². The Balaban J connectivity index is 2.02. The van der Waals surface area contributed by atoms with E-state index in [9.17, 15) is 0 Å². The highest BCUT2D eigenvalue weighted by molar-refractivity contribution is 5.63. The van der Waals surface area contributed by atoms with E-state index in [0.717, 1.165) is 17.5 Å². The minimum absolute atomic E-state index is 0.402. The number of hydrogen-bond donors (Lipinski definition) is 1. The summed E-state index contributed by atoms with van der Waals surface area (Å²) in [6, 6.07) is 3.63. The van der Waals surface area contributed by atoms with Gasteiger partial charge in [0.1, 0.15) is 0 Å². The number of hydrogen-bond acceptors (Lipinski definition) is 6. The largest absolute Gasteiger partial charge is 0.397 e. The Morgan fingerprint density at radius 1 is 1.20 bits per heavy atom. The van der Waals surface area contributed by atoms with Gasteiger partial charge in [-0.2, -0.15) is 4.98 Å². The van der Waals surface area contributed by atoms with Crippen LogP contribution in [-0.4, -0.2) is 20.1 Å². The van der Waals surface area contributed by atoms with E-state index in [2.05, 4.69) is 27.0 Å². The molecule has 6 heteroatoms. The van der Waals surface area contributed by atoms with Gasteiger partial charge in [-0.25, -0.2) is 0 Å². The molecule has 100 valence electrons. The lowest BCUT2D eigenvalue weighted by Gasteiger charge is -2.00. The number of nitrogen functional groups attached to an aromatic ring is 1. The zero-order valence-corrected chi connectivity index (χ0v) is 10.9. The molecule has 3 aromatic heterocycles. The molecule has 0 fully saturated rings. The van der Waals surface area contributed by atoms with E-state index in [1.165, 1.54) is 0 Å². The van der Waals surface area contributed by atoms with Crippen LogP contribution in [0.2, 0.25) is 0 Å². The molecule has 0 saturated carbocycles. The summed E-state index contributed by atoms with van der Waals surface area (Å²) in [6.45, 7) is 2.06. The Morgan fingerprint density at radius 2 is 2.10 bits per heavy atom. The first-order valence-corrected chi connectivity index (χ1v) is 6.26. The molecule has 20 heavy (non-hydrogen) atoms. The molecule has 0 aliphatic carbocycles. The third-order valence-corrected chi connectivity index (χ3v) is 2.96. The molecule has 6 nitrogen and oxygen atoms in total. The highest BCUT2D eigenvalue weighted by Crippen LogP contribution is 2.24. The molecule has 0 aliphatic heterocycles. The number of rotatable bonds is 3. The Morgan fingerprint density at radius 3 is 2.90 bits per heavy atom. The highest BCUT2D eigenvalue weighted by Gasteiger charge is 2.13. The molecule has 0 atom stereocenters. The quantitative estimate of drug-likeness (QED) is 0.783. The molecule has 3 rings (SSSR count). The van der Waals surface area contributed by atoms with Crippen LogP contribution < -0.4 is 5.73 Å². The first kappa shape index (κ1) is 12.3. The predicted octanol–water partition coefficient (Wildman–Crippen LogP) is 2.34. The molecule has 0 aliphatic rings. The third kappa shape index (κ3) is 2.23. The van der Waals surface area contributed by atoms with E-state index in [1.54, 1.807) is 24.7 Å². The van der Waals surface area contributed by atoms with Crippen LogP contribution in [0.15, 0.2) is 41.4 Å². The average Bonchev–Trinajstić information content (AvgIpc) is 2.97. The van der Waals surface area contributed by atoms with Crippen molar-refractivity contribution >= 4 is 5.69 Å². The minimum Gasteiger partial charge on any atom is -0.397 e. The molecule has 0 unspecified atom stereocenters. The molecule has 0 aromatic carbocycles. The first-order valence-electron chi connectivity index (χ1n) is 6.26. The van der Waals surface area contributed by atoms with Crippen molar-refractivity contribution in [2.45, 2.75) is 13.3 Å². The lowest BCUT2D eigenvalue weighted by atomic mass is 10.1. The van der Waals surface area contributed by atoms with Crippen molar-refractivity contribution in [2.75, 3.05) is 5.73 Å². The van der Waals surface area contributed by atoms with Gasteiger partial charge in [-0.15, -0.1) is 0 Å². The average molecular weight is 267 g/mol. The number of pyridine rings is 2. The Bertz CT molecular complexity index is 738. The first-order chi connectivity index (χ1) is 9.78. The molecule has 0 saturated heterocycles. The van der Waals surface area contributed by atoms with E-state index < -0.39 is 0 Å². The van der Waals surface area contributed by atoms with Gasteiger partial charge in [-0.1, -0.05) is 12.1 Å². The molecule has 3 heterocycles. The van der Waals surface area contributed by atoms with Crippen LogP contribution >= 0.6 is 0 Å². The Kier molecular flexibility index (Phi) is 3.12. The second kappa shape index (κ2) is 5.08. The van der Waals surface area contributed by atoms with E-state index in [4.69, 9.17) is 10.3 Å². The van der Waals surface area contributed by atoms with Gasteiger partial charge < -0.3 is 10.3 Å². The summed E-state index contributed by atoms with van der Waals surface area (Å²) in [5.74, 6) is 0.945. The summed E-state index contributed by atoms with van der Waals surface area (Å²) in [5.41, 5.74) is 8.96. The fourth-order valence-electron chi connectivity index (χ4n) is 1.95. The zero-order chi connectivity index (χ0) is 13.9. The number of anilines is 1. The predicted molar refractivity (Wildman–Crippen MR) is 74.6 cm³/mol. The lowest BCUT2D eigenvalue weighted by Crippen LogP contribution is -1.91. The van der Waals surface area contributed by atoms with E-state index >= 15 is 0 Å². The smallest absolute Gasteiger partial charge is 0.259 e. The standard InChI is InChI=1S/C14H13N5O/c1-2-9-6-16-4-3-12(9)13-18-14(20-19-13)10-5-11(15)8-17-7-10/h3-8H,2,15H2,1H3. The normalized spacial score (nSPS) is 10.7. The molecular formula is C14H13N5O. The molecule has 3 aromatic rings. The van der Waals surface area contributed by atoms with Crippen molar-refractivity contribution in [3.8, 4) is 22.8 Å². The van der Waals surface area contributed by atoms with Gasteiger partial charge >= 0.3 is 0 Å². The SMILES string of the molecule is CCc1cnccc1-c1noc(-c2cncc(N)c2)n1. The van der Waals surface area contributed by atoms with Crippen LogP contribution in [0, 0.1) is 0 Å². The number of aryl methyl sites for hydroxylation is 1. The third-order valence-electron chi connectivity index (χ3n) is 2.96. The number of aromatic nitrogens is 4. The van der Waals surface area contributed by atoms with Gasteiger partial charge in [0.25, 0.3) is 5.89 Å². The molecular weight excluding hydrogens is 254 g/mol. The Hall–Kier alpha value is -2.76. The van der Waals surface area contributed by atoms with Gasteiger partial charge in [0.2, 0.25) is 5.82 Å². The van der Waals surface area contributed by atoms with E-state index in [0.29, 0.717) is 23.0 Å². The second-order valence-electron chi connectivity index (χ2n) is 4.32. The summed E-state index contributed by atoms with van der Waals surface area (Å²) in [7, 11) is 0. The fourth-order valence-corrected chi connectivity index (χ4v) is 1.95. The van der Waals surface area contributed by atoms with Gasteiger partial charge in [0.15, 0.2) is 0 Å². The summed E-state index contributed by atoms with van der Waals surface area (Å²) < 4.78 is 5.28. The molecule has 0 radical (unpaired) electrons. The monoisotopic (exact) mass is 267 g/mol. The molecule has 0 amide bonds. The van der Waals surface area contributed by atoms with Crippen LogP contribution in [0.5, 0.6) is 0 Å². The van der Waals surface area contributed by atoms with Gasteiger partial charge in [-0.3, -0.25) is 9.97 Å². The Labute approximate surface area is 115 Å². The highest BCUT2D eigenvalue weighted by atomic mass is 16.5. The van der Waals surface area contributed by atoms with Crippen molar-refractivity contribution in [2.24, 2.45) is 0 Å². The fraction of sp³-hybridized carbons (Fsp3) is 0.143. The van der Waals surface area contributed by atoms with Crippen LogP contribution in [0.1, 0.15) is 12.5 Å². The van der Waals surface area contributed by atoms with Crippen molar-refractivity contribution in [1.29, 1.82) is 0 Å². The van der Waals surface area contributed by atoms with Gasteiger partial charge in [0, 0.05) is 30.4 Å². The molecule has 0 bridgehead atoms. The van der Waals surface area contributed by atoms with Crippen LogP contribution in [0.4, 0.5) is 5.69 Å². The van der Waals surface area contributed by atoms with Crippen molar-refractivity contribution < 1.29 is 4.52 Å². The van der Waals surface area contributed by atoms with Crippen LogP contribution in [0.25, 0.3) is 22.8 Å². The minimum atomic E-state index is 0.402. The zero-order valence-electron chi connectivity index (χ0n) is 10.9. The summed E-state index contributed by atoms with van der Waals surface area (Å²) in [6.07, 6.45) is 7.59. The number of nitrogens with zero attached hydrogens (tertiary/aromatic N) is 4. The maximum atomic E-state index is 5.70. The maximum Gasteiger partial charge on any atom is 0.259 e. The second-order valence-corrected chi connectivity index (χ2v) is 4.32. The molecule has 0 spiro atoms. The van der Waals surface area contributed by atoms with Crippen LogP contribution in [-0.2, 0) is 6.42 Å². The van der Waals surface area contributed by atoms with Gasteiger partial charge in [-0.05, 0) is 24.1 Å². The summed E-state index contributed by atoms with van der Waals surface area (Å²) in [5, 5.41) is 4.02. The van der Waals surface area contributed by atoms with Crippen molar-refractivity contribution in [3.63, 3.8) is 0 Å². The molecule has 2 N–H and O–H groups in total.